The van der Waals surface area contributed by atoms with Gasteiger partial charge in [-0.25, -0.2) is 0 Å². The van der Waals surface area contributed by atoms with E-state index in [0.717, 1.165) is 5.56 Å². The van der Waals surface area contributed by atoms with Crippen molar-refractivity contribution in [3.8, 4) is 23.0 Å². The van der Waals surface area contributed by atoms with E-state index < -0.39 is 0 Å². The van der Waals surface area contributed by atoms with Crippen molar-refractivity contribution in [3.05, 3.63) is 42.0 Å². The summed E-state index contributed by atoms with van der Waals surface area (Å²) in [5, 5.41) is 2.92. The van der Waals surface area contributed by atoms with Gasteiger partial charge in [0.1, 0.15) is 0 Å². The van der Waals surface area contributed by atoms with Gasteiger partial charge in [-0.1, -0.05) is 12.1 Å². The maximum atomic E-state index is 12.6. The van der Waals surface area contributed by atoms with Crippen molar-refractivity contribution >= 4 is 11.6 Å². The zero-order chi connectivity index (χ0) is 19.4. The first-order valence-electron chi connectivity index (χ1n) is 8.64. The fourth-order valence-electron chi connectivity index (χ4n) is 2.91. The highest BCUT2D eigenvalue weighted by Crippen LogP contribution is 2.34. The standard InChI is InChI=1S/C20H24N2O5/c1-13(20(23)21-15-8-9-16-18(10-15)27-12-26-16)22(2)11-14-6-5-7-17(24-3)19(14)25-4/h5-10,13H,11-12H2,1-4H3,(H,21,23)/t13-/m0/s1. The summed E-state index contributed by atoms with van der Waals surface area (Å²) in [4.78, 5) is 14.6. The topological polar surface area (TPSA) is 69.3 Å². The molecule has 0 saturated carbocycles. The number of amides is 1. The summed E-state index contributed by atoms with van der Waals surface area (Å²) in [5.41, 5.74) is 1.62. The van der Waals surface area contributed by atoms with Gasteiger partial charge in [-0.15, -0.1) is 0 Å². The van der Waals surface area contributed by atoms with Gasteiger partial charge in [0.05, 0.1) is 20.3 Å². The highest BCUT2D eigenvalue weighted by molar-refractivity contribution is 5.94. The quantitative estimate of drug-likeness (QED) is 0.806. The maximum Gasteiger partial charge on any atom is 0.241 e. The molecule has 0 bridgehead atoms. The molecule has 1 aliphatic heterocycles. The van der Waals surface area contributed by atoms with Gasteiger partial charge in [0.25, 0.3) is 0 Å². The van der Waals surface area contributed by atoms with E-state index in [-0.39, 0.29) is 18.7 Å². The Morgan fingerprint density at radius 3 is 2.70 bits per heavy atom. The molecule has 0 spiro atoms. The van der Waals surface area contributed by atoms with Crippen molar-refractivity contribution in [3.63, 3.8) is 0 Å². The number of fused-ring (bicyclic) bond motifs is 1. The number of hydrogen-bond acceptors (Lipinski definition) is 6. The molecule has 0 unspecified atom stereocenters. The first-order valence-corrected chi connectivity index (χ1v) is 8.64. The van der Waals surface area contributed by atoms with Crippen molar-refractivity contribution < 1.29 is 23.7 Å². The number of para-hydroxylation sites is 1. The van der Waals surface area contributed by atoms with Gasteiger partial charge in [-0.2, -0.15) is 0 Å². The molecule has 1 aliphatic rings. The average molecular weight is 372 g/mol. The number of methoxy groups -OCH3 is 2. The minimum atomic E-state index is -0.355. The fraction of sp³-hybridized carbons (Fsp3) is 0.350. The van der Waals surface area contributed by atoms with E-state index in [1.54, 1.807) is 32.4 Å². The van der Waals surface area contributed by atoms with E-state index in [1.807, 2.05) is 37.1 Å². The lowest BCUT2D eigenvalue weighted by molar-refractivity contribution is -0.120. The predicted octanol–water partition coefficient (Wildman–Crippen LogP) is 2.89. The molecule has 144 valence electrons. The van der Waals surface area contributed by atoms with Crippen LogP contribution in [0, 0.1) is 0 Å². The summed E-state index contributed by atoms with van der Waals surface area (Å²) in [6.45, 7) is 2.60. The molecule has 0 saturated heterocycles. The van der Waals surface area contributed by atoms with Crippen molar-refractivity contribution in [1.82, 2.24) is 4.90 Å². The first-order chi connectivity index (χ1) is 13.0. The van der Waals surface area contributed by atoms with Crippen molar-refractivity contribution in [2.75, 3.05) is 33.4 Å². The first kappa shape index (κ1) is 18.8. The van der Waals surface area contributed by atoms with Crippen LogP contribution < -0.4 is 24.3 Å². The number of carbonyl (C=O) groups excluding carboxylic acids is 1. The van der Waals surface area contributed by atoms with Crippen LogP contribution in [0.4, 0.5) is 5.69 Å². The molecular weight excluding hydrogens is 348 g/mol. The maximum absolute atomic E-state index is 12.6. The number of ether oxygens (including phenoxy) is 4. The molecule has 1 N–H and O–H groups in total. The molecule has 0 fully saturated rings. The highest BCUT2D eigenvalue weighted by Gasteiger charge is 2.21. The normalized spacial score (nSPS) is 13.4. The third kappa shape index (κ3) is 4.09. The molecule has 0 aliphatic carbocycles. The third-order valence-electron chi connectivity index (χ3n) is 4.58. The van der Waals surface area contributed by atoms with Crippen LogP contribution in [0.25, 0.3) is 0 Å². The van der Waals surface area contributed by atoms with Crippen LogP contribution in [-0.4, -0.2) is 44.9 Å². The van der Waals surface area contributed by atoms with Gasteiger partial charge in [-0.05, 0) is 32.2 Å². The predicted molar refractivity (Wildman–Crippen MR) is 102 cm³/mol. The Bertz CT molecular complexity index is 824. The van der Waals surface area contributed by atoms with Gasteiger partial charge in [0.15, 0.2) is 23.0 Å². The molecule has 2 aromatic carbocycles. The van der Waals surface area contributed by atoms with Crippen LogP contribution in [0.3, 0.4) is 0 Å². The number of benzene rings is 2. The van der Waals surface area contributed by atoms with E-state index in [1.165, 1.54) is 0 Å². The summed E-state index contributed by atoms with van der Waals surface area (Å²) in [5.74, 6) is 2.55. The molecule has 7 heteroatoms. The second-order valence-corrected chi connectivity index (χ2v) is 6.30. The molecule has 0 aromatic heterocycles. The lowest BCUT2D eigenvalue weighted by Gasteiger charge is -2.25. The van der Waals surface area contributed by atoms with E-state index in [2.05, 4.69) is 5.32 Å². The number of nitrogens with zero attached hydrogens (tertiary/aromatic N) is 1. The van der Waals surface area contributed by atoms with Crippen LogP contribution in [0.2, 0.25) is 0 Å². The summed E-state index contributed by atoms with van der Waals surface area (Å²) < 4.78 is 21.4. The van der Waals surface area contributed by atoms with E-state index in [4.69, 9.17) is 18.9 Å². The summed E-state index contributed by atoms with van der Waals surface area (Å²) in [7, 11) is 5.10. The molecule has 3 rings (SSSR count). The molecule has 27 heavy (non-hydrogen) atoms. The smallest absolute Gasteiger partial charge is 0.241 e. The second kappa shape index (κ2) is 8.18. The van der Waals surface area contributed by atoms with Crippen LogP contribution in [0.1, 0.15) is 12.5 Å². The summed E-state index contributed by atoms with van der Waals surface area (Å²) >= 11 is 0. The molecule has 7 nitrogen and oxygen atoms in total. The monoisotopic (exact) mass is 372 g/mol. The SMILES string of the molecule is COc1cccc(CN(C)[C@@H](C)C(=O)Nc2ccc3c(c2)OCO3)c1OC. The molecule has 1 heterocycles. The van der Waals surface area contributed by atoms with Crippen molar-refractivity contribution in [2.24, 2.45) is 0 Å². The summed E-state index contributed by atoms with van der Waals surface area (Å²) in [6, 6.07) is 10.7. The number of likely N-dealkylation sites (N-methyl/N-ethyl adjacent to an activating group) is 1. The Balaban J connectivity index is 1.66. The number of hydrogen-bond donors (Lipinski definition) is 1. The minimum absolute atomic E-state index is 0.113. The van der Waals surface area contributed by atoms with Gasteiger partial charge in [-0.3, -0.25) is 9.69 Å². The van der Waals surface area contributed by atoms with Gasteiger partial charge < -0.3 is 24.3 Å². The van der Waals surface area contributed by atoms with Crippen LogP contribution >= 0.6 is 0 Å². The van der Waals surface area contributed by atoms with Crippen LogP contribution in [0.15, 0.2) is 36.4 Å². The Labute approximate surface area is 158 Å². The Hall–Kier alpha value is -2.93. The molecule has 0 radical (unpaired) electrons. The van der Waals surface area contributed by atoms with Crippen molar-refractivity contribution in [1.29, 1.82) is 0 Å². The average Bonchev–Trinajstić information content (AvgIpc) is 3.14. The molecule has 1 atom stereocenters. The van der Waals surface area contributed by atoms with E-state index in [0.29, 0.717) is 35.2 Å². The largest absolute Gasteiger partial charge is 0.493 e. The van der Waals surface area contributed by atoms with Gasteiger partial charge >= 0.3 is 0 Å². The zero-order valence-electron chi connectivity index (χ0n) is 15.9. The summed E-state index contributed by atoms with van der Waals surface area (Å²) in [6.07, 6.45) is 0. The van der Waals surface area contributed by atoms with Gasteiger partial charge in [0, 0.05) is 23.9 Å². The lowest BCUT2D eigenvalue weighted by atomic mass is 10.1. The van der Waals surface area contributed by atoms with E-state index in [9.17, 15) is 4.79 Å². The van der Waals surface area contributed by atoms with Crippen LogP contribution in [0.5, 0.6) is 23.0 Å². The Kier molecular flexibility index (Phi) is 5.71. The number of rotatable bonds is 7. The number of nitrogens with one attached hydrogen (secondary N) is 1. The highest BCUT2D eigenvalue weighted by atomic mass is 16.7. The number of carbonyl (C=O) groups is 1. The third-order valence-corrected chi connectivity index (χ3v) is 4.58. The van der Waals surface area contributed by atoms with Gasteiger partial charge in [0.2, 0.25) is 12.7 Å². The molecule has 2 aromatic rings. The second-order valence-electron chi connectivity index (χ2n) is 6.30. The Morgan fingerprint density at radius 1 is 1.19 bits per heavy atom. The zero-order valence-corrected chi connectivity index (χ0v) is 15.9. The minimum Gasteiger partial charge on any atom is -0.493 e. The lowest BCUT2D eigenvalue weighted by Crippen LogP contribution is -2.39. The van der Waals surface area contributed by atoms with E-state index >= 15 is 0 Å². The molecular formula is C20H24N2O5. The fourth-order valence-corrected chi connectivity index (χ4v) is 2.91. The van der Waals surface area contributed by atoms with Crippen molar-refractivity contribution in [2.45, 2.75) is 19.5 Å². The van der Waals surface area contributed by atoms with Crippen LogP contribution in [-0.2, 0) is 11.3 Å². The molecule has 1 amide bonds. The number of anilines is 1. The Morgan fingerprint density at radius 2 is 1.96 bits per heavy atom.